The Bertz CT molecular complexity index is 181. The highest BCUT2D eigenvalue weighted by Crippen LogP contribution is 2.37. The van der Waals surface area contributed by atoms with Crippen molar-refractivity contribution in [1.82, 2.24) is 4.90 Å². The number of likely N-dealkylation sites (N-methyl/N-ethyl adjacent to an activating group) is 1. The third-order valence-electron chi connectivity index (χ3n) is 3.62. The van der Waals surface area contributed by atoms with Crippen LogP contribution in [0, 0.1) is 5.92 Å². The topological polar surface area (TPSA) is 12.5 Å². The molecule has 0 amide bonds. The molecule has 0 aromatic rings. The molecule has 2 heteroatoms. The van der Waals surface area contributed by atoms with Gasteiger partial charge in [-0.3, -0.25) is 4.90 Å². The maximum absolute atomic E-state index is 6.05. The zero-order chi connectivity index (χ0) is 10.8. The van der Waals surface area contributed by atoms with Gasteiger partial charge in [-0.05, 0) is 32.7 Å². The van der Waals surface area contributed by atoms with Crippen molar-refractivity contribution in [1.29, 1.82) is 0 Å². The summed E-state index contributed by atoms with van der Waals surface area (Å²) < 4.78 is 6.05. The molecule has 0 radical (unpaired) electrons. The predicted molar refractivity (Wildman–Crippen MR) is 60.3 cm³/mol. The molecule has 0 N–H and O–H groups in total. The Balaban J connectivity index is 2.72. The van der Waals surface area contributed by atoms with Gasteiger partial charge in [-0.15, -0.1) is 0 Å². The Kier molecular flexibility index (Phi) is 3.96. The zero-order valence-electron chi connectivity index (χ0n) is 10.3. The number of rotatable bonds is 4. The van der Waals surface area contributed by atoms with E-state index in [0.29, 0.717) is 12.0 Å². The van der Waals surface area contributed by atoms with Crippen LogP contribution in [0.5, 0.6) is 0 Å². The SMILES string of the molecule is CCCC[C@@]1(C(C)C)OC[C@@H](C)N1C. The van der Waals surface area contributed by atoms with Gasteiger partial charge in [0.15, 0.2) is 0 Å². The van der Waals surface area contributed by atoms with E-state index in [0.717, 1.165) is 6.61 Å². The lowest BCUT2D eigenvalue weighted by atomic mass is 9.92. The molecule has 0 aromatic heterocycles. The summed E-state index contributed by atoms with van der Waals surface area (Å²) in [6, 6.07) is 0.564. The molecular weight excluding hydrogens is 174 g/mol. The second kappa shape index (κ2) is 4.63. The van der Waals surface area contributed by atoms with Crippen molar-refractivity contribution in [2.24, 2.45) is 5.92 Å². The molecule has 1 fully saturated rings. The van der Waals surface area contributed by atoms with Gasteiger partial charge in [-0.1, -0.05) is 27.2 Å². The van der Waals surface area contributed by atoms with E-state index >= 15 is 0 Å². The minimum absolute atomic E-state index is 0.00935. The van der Waals surface area contributed by atoms with Crippen LogP contribution in [0.1, 0.15) is 47.0 Å². The van der Waals surface area contributed by atoms with Crippen molar-refractivity contribution in [3.05, 3.63) is 0 Å². The maximum Gasteiger partial charge on any atom is 0.124 e. The molecular formula is C12H25NO. The fraction of sp³-hybridized carbons (Fsp3) is 1.00. The molecule has 84 valence electrons. The first kappa shape index (κ1) is 12.0. The van der Waals surface area contributed by atoms with Gasteiger partial charge in [-0.25, -0.2) is 0 Å². The van der Waals surface area contributed by atoms with Gasteiger partial charge < -0.3 is 4.74 Å². The molecule has 2 atom stereocenters. The van der Waals surface area contributed by atoms with E-state index in [2.05, 4.69) is 39.6 Å². The monoisotopic (exact) mass is 199 g/mol. The van der Waals surface area contributed by atoms with Crippen LogP contribution >= 0.6 is 0 Å². The number of ether oxygens (including phenoxy) is 1. The van der Waals surface area contributed by atoms with Crippen LogP contribution in [0.3, 0.4) is 0 Å². The van der Waals surface area contributed by atoms with Crippen LogP contribution in [0.25, 0.3) is 0 Å². The molecule has 0 unspecified atom stereocenters. The summed E-state index contributed by atoms with van der Waals surface area (Å²) in [5, 5.41) is 0. The smallest absolute Gasteiger partial charge is 0.124 e. The summed E-state index contributed by atoms with van der Waals surface area (Å²) in [5.41, 5.74) is 0.00935. The Morgan fingerprint density at radius 1 is 1.50 bits per heavy atom. The predicted octanol–water partition coefficient (Wildman–Crippen LogP) is 2.88. The van der Waals surface area contributed by atoms with Crippen molar-refractivity contribution in [3.8, 4) is 0 Å². The van der Waals surface area contributed by atoms with Gasteiger partial charge >= 0.3 is 0 Å². The van der Waals surface area contributed by atoms with E-state index in [-0.39, 0.29) is 5.72 Å². The minimum Gasteiger partial charge on any atom is -0.359 e. The average molecular weight is 199 g/mol. The average Bonchev–Trinajstić information content (AvgIpc) is 2.43. The summed E-state index contributed by atoms with van der Waals surface area (Å²) in [6.07, 6.45) is 3.68. The van der Waals surface area contributed by atoms with Gasteiger partial charge in [0.05, 0.1) is 6.61 Å². The van der Waals surface area contributed by atoms with Crippen LogP contribution in [0.2, 0.25) is 0 Å². The lowest BCUT2D eigenvalue weighted by molar-refractivity contribution is -0.116. The quantitative estimate of drug-likeness (QED) is 0.690. The van der Waals surface area contributed by atoms with E-state index < -0.39 is 0 Å². The zero-order valence-corrected chi connectivity index (χ0v) is 10.3. The third kappa shape index (κ3) is 1.96. The van der Waals surface area contributed by atoms with Crippen molar-refractivity contribution in [2.75, 3.05) is 13.7 Å². The van der Waals surface area contributed by atoms with Crippen molar-refractivity contribution >= 4 is 0 Å². The molecule has 0 aliphatic carbocycles. The summed E-state index contributed by atoms with van der Waals surface area (Å²) in [7, 11) is 2.20. The van der Waals surface area contributed by atoms with E-state index in [4.69, 9.17) is 4.74 Å². The first-order valence-electron chi connectivity index (χ1n) is 5.91. The molecule has 1 saturated heterocycles. The number of nitrogens with zero attached hydrogens (tertiary/aromatic N) is 1. The Hall–Kier alpha value is -0.0800. The van der Waals surface area contributed by atoms with Crippen LogP contribution in [-0.4, -0.2) is 30.3 Å². The van der Waals surface area contributed by atoms with E-state index in [1.165, 1.54) is 19.3 Å². The fourth-order valence-electron chi connectivity index (χ4n) is 2.39. The number of hydrogen-bond acceptors (Lipinski definition) is 2. The number of unbranched alkanes of at least 4 members (excludes halogenated alkanes) is 1. The van der Waals surface area contributed by atoms with Gasteiger partial charge in [0, 0.05) is 6.04 Å². The largest absolute Gasteiger partial charge is 0.359 e. The highest BCUT2D eigenvalue weighted by Gasteiger charge is 2.45. The van der Waals surface area contributed by atoms with Gasteiger partial charge in [0.1, 0.15) is 5.72 Å². The van der Waals surface area contributed by atoms with Gasteiger partial charge in [-0.2, -0.15) is 0 Å². The lowest BCUT2D eigenvalue weighted by Crippen LogP contribution is -2.49. The normalized spacial score (nSPS) is 34.3. The van der Waals surface area contributed by atoms with Gasteiger partial charge in [0.25, 0.3) is 0 Å². The Labute approximate surface area is 88.6 Å². The minimum atomic E-state index is 0.00935. The first-order chi connectivity index (χ1) is 6.54. The van der Waals surface area contributed by atoms with Crippen LogP contribution in [0.15, 0.2) is 0 Å². The molecule has 2 nitrogen and oxygen atoms in total. The van der Waals surface area contributed by atoms with E-state index in [1.54, 1.807) is 0 Å². The highest BCUT2D eigenvalue weighted by molar-refractivity contribution is 4.90. The maximum atomic E-state index is 6.05. The van der Waals surface area contributed by atoms with Crippen LogP contribution in [-0.2, 0) is 4.74 Å². The van der Waals surface area contributed by atoms with Crippen LogP contribution < -0.4 is 0 Å². The molecule has 0 aromatic carbocycles. The summed E-state index contributed by atoms with van der Waals surface area (Å²) in [5.74, 6) is 0.573. The standard InChI is InChI=1S/C12H25NO/c1-6-7-8-12(10(2)3)13(5)11(4)9-14-12/h10-11H,6-9H2,1-5H3/t11-,12+/m1/s1. The second-order valence-electron chi connectivity index (χ2n) is 4.87. The molecule has 0 saturated carbocycles. The van der Waals surface area contributed by atoms with E-state index in [1.807, 2.05) is 0 Å². The molecule has 1 aliphatic heterocycles. The van der Waals surface area contributed by atoms with Crippen molar-refractivity contribution in [2.45, 2.75) is 58.7 Å². The molecule has 14 heavy (non-hydrogen) atoms. The summed E-state index contributed by atoms with van der Waals surface area (Å²) >= 11 is 0. The Morgan fingerprint density at radius 3 is 2.50 bits per heavy atom. The first-order valence-corrected chi connectivity index (χ1v) is 5.91. The highest BCUT2D eigenvalue weighted by atomic mass is 16.5. The van der Waals surface area contributed by atoms with Crippen LogP contribution in [0.4, 0.5) is 0 Å². The molecule has 1 aliphatic rings. The van der Waals surface area contributed by atoms with Crippen molar-refractivity contribution < 1.29 is 4.74 Å². The molecule has 1 heterocycles. The van der Waals surface area contributed by atoms with Crippen molar-refractivity contribution in [3.63, 3.8) is 0 Å². The molecule has 0 bridgehead atoms. The third-order valence-corrected chi connectivity index (χ3v) is 3.62. The molecule has 1 rings (SSSR count). The summed E-state index contributed by atoms with van der Waals surface area (Å²) in [4.78, 5) is 2.42. The summed E-state index contributed by atoms with van der Waals surface area (Å²) in [6.45, 7) is 9.91. The van der Waals surface area contributed by atoms with E-state index in [9.17, 15) is 0 Å². The second-order valence-corrected chi connectivity index (χ2v) is 4.87. The lowest BCUT2D eigenvalue weighted by Gasteiger charge is -2.40. The fourth-order valence-corrected chi connectivity index (χ4v) is 2.39. The van der Waals surface area contributed by atoms with Gasteiger partial charge in [0.2, 0.25) is 0 Å². The Morgan fingerprint density at radius 2 is 2.14 bits per heavy atom. The number of hydrogen-bond donors (Lipinski definition) is 0. The molecule has 0 spiro atoms.